The Labute approximate surface area is 224 Å². The van der Waals surface area contributed by atoms with Crippen LogP contribution in [0, 0.1) is 6.92 Å². The van der Waals surface area contributed by atoms with Crippen LogP contribution in [0.25, 0.3) is 11.4 Å². The predicted molar refractivity (Wildman–Crippen MR) is 140 cm³/mol. The second-order valence-corrected chi connectivity index (χ2v) is 9.11. The van der Waals surface area contributed by atoms with Gasteiger partial charge in [-0.25, -0.2) is 14.8 Å². The summed E-state index contributed by atoms with van der Waals surface area (Å²) in [5, 5.41) is 2.57. The first-order valence-corrected chi connectivity index (χ1v) is 12.7. The van der Waals surface area contributed by atoms with Gasteiger partial charge in [0, 0.05) is 49.4 Å². The number of nitrogens with one attached hydrogen (secondary N) is 1. The van der Waals surface area contributed by atoms with Crippen molar-refractivity contribution in [1.82, 2.24) is 20.2 Å². The van der Waals surface area contributed by atoms with Crippen LogP contribution in [0.2, 0.25) is 0 Å². The van der Waals surface area contributed by atoms with E-state index in [1.807, 2.05) is 42.2 Å². The van der Waals surface area contributed by atoms with Gasteiger partial charge in [-0.1, -0.05) is 42.5 Å². The second kappa shape index (κ2) is 12.1. The molecule has 1 aliphatic rings. The number of aryl methyl sites for hydroxylation is 1. The number of benzene rings is 2. The normalized spacial score (nSPS) is 13.8. The van der Waals surface area contributed by atoms with Crippen LogP contribution in [0.3, 0.4) is 0 Å². The molecule has 0 saturated carbocycles. The Balaban J connectivity index is 1.60. The molecule has 2 amide bonds. The van der Waals surface area contributed by atoms with Crippen molar-refractivity contribution >= 4 is 17.8 Å². The maximum Gasteiger partial charge on any atom is 0.416 e. The SMILES string of the molecule is CCOC(=O)CNC(=O)N1CCN(c2nc(-c3cccc(C(F)(F)F)c3)nc(C)c2Cc2ccccc2)CC1. The van der Waals surface area contributed by atoms with Crippen molar-refractivity contribution in [3.63, 3.8) is 0 Å². The largest absolute Gasteiger partial charge is 0.465 e. The molecule has 0 aliphatic carbocycles. The molecule has 2 aromatic carbocycles. The van der Waals surface area contributed by atoms with Gasteiger partial charge >= 0.3 is 18.2 Å². The van der Waals surface area contributed by atoms with E-state index in [2.05, 4.69) is 10.3 Å². The molecule has 3 aromatic rings. The van der Waals surface area contributed by atoms with Gasteiger partial charge in [0.15, 0.2) is 5.82 Å². The molecule has 1 aromatic heterocycles. The zero-order chi connectivity index (χ0) is 28.0. The lowest BCUT2D eigenvalue weighted by Gasteiger charge is -2.36. The lowest BCUT2D eigenvalue weighted by Crippen LogP contribution is -2.53. The van der Waals surface area contributed by atoms with Crippen LogP contribution >= 0.6 is 0 Å². The third-order valence-electron chi connectivity index (χ3n) is 6.42. The average Bonchev–Trinajstić information content (AvgIpc) is 2.93. The minimum absolute atomic E-state index is 0.208. The fourth-order valence-electron chi connectivity index (χ4n) is 4.41. The first-order chi connectivity index (χ1) is 18.7. The monoisotopic (exact) mass is 541 g/mol. The molecule has 39 heavy (non-hydrogen) atoms. The van der Waals surface area contributed by atoms with E-state index in [4.69, 9.17) is 9.72 Å². The van der Waals surface area contributed by atoms with Gasteiger partial charge in [-0.3, -0.25) is 4.79 Å². The van der Waals surface area contributed by atoms with Crippen LogP contribution in [0.4, 0.5) is 23.8 Å². The smallest absolute Gasteiger partial charge is 0.416 e. The van der Waals surface area contributed by atoms with Gasteiger partial charge in [-0.05, 0) is 31.5 Å². The Morgan fingerprint density at radius 3 is 2.38 bits per heavy atom. The molecular weight excluding hydrogens is 511 g/mol. The summed E-state index contributed by atoms with van der Waals surface area (Å²) in [5.41, 5.74) is 2.10. The number of hydrogen-bond donors (Lipinski definition) is 1. The molecule has 1 aliphatic heterocycles. The number of ether oxygens (including phenoxy) is 1. The molecule has 2 heterocycles. The molecule has 0 spiro atoms. The molecule has 4 rings (SSSR count). The van der Waals surface area contributed by atoms with Gasteiger partial charge in [0.2, 0.25) is 0 Å². The number of aromatic nitrogens is 2. The third-order valence-corrected chi connectivity index (χ3v) is 6.42. The van der Waals surface area contributed by atoms with Gasteiger partial charge in [-0.2, -0.15) is 13.2 Å². The molecule has 11 heteroatoms. The number of carbonyl (C=O) groups excluding carboxylic acids is 2. The Bertz CT molecular complexity index is 1310. The quantitative estimate of drug-likeness (QED) is 0.445. The number of rotatable bonds is 7. The Morgan fingerprint density at radius 2 is 1.72 bits per heavy atom. The van der Waals surface area contributed by atoms with E-state index in [1.54, 1.807) is 17.9 Å². The zero-order valence-corrected chi connectivity index (χ0v) is 21.8. The van der Waals surface area contributed by atoms with Gasteiger partial charge in [-0.15, -0.1) is 0 Å². The maximum atomic E-state index is 13.4. The zero-order valence-electron chi connectivity index (χ0n) is 21.8. The summed E-state index contributed by atoms with van der Waals surface area (Å²) >= 11 is 0. The predicted octanol–water partition coefficient (Wildman–Crippen LogP) is 4.46. The van der Waals surface area contributed by atoms with Crippen molar-refractivity contribution in [2.75, 3.05) is 44.2 Å². The number of alkyl halides is 3. The molecule has 1 saturated heterocycles. The maximum absolute atomic E-state index is 13.4. The van der Waals surface area contributed by atoms with E-state index < -0.39 is 17.7 Å². The minimum Gasteiger partial charge on any atom is -0.465 e. The van der Waals surface area contributed by atoms with E-state index >= 15 is 0 Å². The topological polar surface area (TPSA) is 87.7 Å². The molecule has 0 radical (unpaired) electrons. The lowest BCUT2D eigenvalue weighted by molar-refractivity contribution is -0.142. The number of amides is 2. The van der Waals surface area contributed by atoms with Crippen LogP contribution in [-0.4, -0.2) is 66.2 Å². The highest BCUT2D eigenvalue weighted by Crippen LogP contribution is 2.33. The van der Waals surface area contributed by atoms with Crippen molar-refractivity contribution < 1.29 is 27.5 Å². The number of piperazine rings is 1. The van der Waals surface area contributed by atoms with Gasteiger partial charge in [0.25, 0.3) is 0 Å². The summed E-state index contributed by atoms with van der Waals surface area (Å²) in [6.45, 7) is 5.21. The molecule has 0 bridgehead atoms. The molecule has 0 unspecified atom stereocenters. The summed E-state index contributed by atoms with van der Waals surface area (Å²) in [7, 11) is 0. The van der Waals surface area contributed by atoms with Crippen LogP contribution in [-0.2, 0) is 22.1 Å². The summed E-state index contributed by atoms with van der Waals surface area (Å²) in [5.74, 6) is 0.332. The van der Waals surface area contributed by atoms with Crippen molar-refractivity contribution in [3.05, 3.63) is 77.0 Å². The standard InChI is InChI=1S/C28H30F3N5O3/c1-3-39-24(37)18-32-27(38)36-14-12-35(13-15-36)26-23(16-20-8-5-4-6-9-20)19(2)33-25(34-26)21-10-7-11-22(17-21)28(29,30)31/h4-11,17H,3,12-16,18H2,1-2H3,(H,32,38). The molecular formula is C28H30F3N5O3. The number of urea groups is 1. The fraction of sp³-hybridized carbons (Fsp3) is 0.357. The summed E-state index contributed by atoms with van der Waals surface area (Å²) in [6, 6.07) is 14.4. The Hall–Kier alpha value is -4.15. The molecule has 1 fully saturated rings. The number of nitrogens with zero attached hydrogens (tertiary/aromatic N) is 4. The van der Waals surface area contributed by atoms with E-state index in [0.717, 1.165) is 23.3 Å². The molecule has 0 atom stereocenters. The summed E-state index contributed by atoms with van der Waals surface area (Å²) in [6.07, 6.45) is -3.93. The lowest BCUT2D eigenvalue weighted by atomic mass is 10.0. The van der Waals surface area contributed by atoms with Gasteiger partial charge < -0.3 is 19.9 Å². The number of halogens is 3. The van der Waals surface area contributed by atoms with Gasteiger partial charge in [0.05, 0.1) is 12.2 Å². The third kappa shape index (κ3) is 7.04. The van der Waals surface area contributed by atoms with E-state index in [1.165, 1.54) is 6.07 Å². The van der Waals surface area contributed by atoms with Crippen molar-refractivity contribution in [2.24, 2.45) is 0 Å². The van der Waals surface area contributed by atoms with Crippen LogP contribution in [0.1, 0.15) is 29.3 Å². The molecule has 1 N–H and O–H groups in total. The van der Waals surface area contributed by atoms with E-state index in [0.29, 0.717) is 44.1 Å². The number of carbonyl (C=O) groups is 2. The fourth-order valence-corrected chi connectivity index (χ4v) is 4.41. The first kappa shape index (κ1) is 27.9. The highest BCUT2D eigenvalue weighted by molar-refractivity contribution is 5.81. The minimum atomic E-state index is -4.48. The second-order valence-electron chi connectivity index (χ2n) is 9.11. The van der Waals surface area contributed by atoms with Crippen molar-refractivity contribution in [1.29, 1.82) is 0 Å². The summed E-state index contributed by atoms with van der Waals surface area (Å²) in [4.78, 5) is 37.1. The summed E-state index contributed by atoms with van der Waals surface area (Å²) < 4.78 is 44.9. The number of hydrogen-bond acceptors (Lipinski definition) is 6. The van der Waals surface area contributed by atoms with Crippen LogP contribution in [0.5, 0.6) is 0 Å². The molecule has 206 valence electrons. The van der Waals surface area contributed by atoms with E-state index in [-0.39, 0.29) is 30.6 Å². The van der Waals surface area contributed by atoms with E-state index in [9.17, 15) is 22.8 Å². The number of esters is 1. The highest BCUT2D eigenvalue weighted by atomic mass is 19.4. The van der Waals surface area contributed by atoms with Crippen LogP contribution in [0.15, 0.2) is 54.6 Å². The van der Waals surface area contributed by atoms with Crippen LogP contribution < -0.4 is 10.2 Å². The van der Waals surface area contributed by atoms with Gasteiger partial charge in [0.1, 0.15) is 12.4 Å². The average molecular weight is 542 g/mol. The van der Waals surface area contributed by atoms with Crippen molar-refractivity contribution in [2.45, 2.75) is 26.4 Å². The Kier molecular flexibility index (Phi) is 8.68. The first-order valence-electron chi connectivity index (χ1n) is 12.7. The molecule has 8 nitrogen and oxygen atoms in total. The van der Waals surface area contributed by atoms with Crippen molar-refractivity contribution in [3.8, 4) is 11.4 Å². The highest BCUT2D eigenvalue weighted by Gasteiger charge is 2.31. The number of anilines is 1. The Morgan fingerprint density at radius 1 is 1.00 bits per heavy atom.